The van der Waals surface area contributed by atoms with E-state index in [2.05, 4.69) is 292 Å². The summed E-state index contributed by atoms with van der Waals surface area (Å²) in [5.41, 5.74) is 51.5. The molecule has 0 amide bonds. The molecule has 17 aromatic rings. The standard InChI is InChI=1S/C30H30N.C26H28N.C25H24N.C24H26N.C23H25FN/c1-18-13-26-23-11-6-7-12-27(23)30(3,4)28(26)17-24(18)29-25-16-21-10-8-9-20(21)15-22(25)14-19(2)31(29)5;1-15-9-23-19-7-8-20(12-19)24(23)14-22(15)26-25-13-18-6-4-5-17(18)11-21(25)10-16(2)27(26)3;1-16-11-18-7-4-5-8-20(18)14-23(16)25-24-15-21-10-6-9-19(21)13-22(24)12-17(2)26(25)3;1-14-8-6-11-19-20(14)23-21-17(12-15(2)25(23)5)13-16-9-7-10-18(16)22(21)24(19,3)4;1-13-9-20(15(3)16(4)22(13)24)23-21-12-18-8-6-7-17(18)11-19(21)10-14(2)25(23)5/h6-7,11-17H,8-10H2,1-5H3;9-11,13-14,19-20H,4-8,12H2,1-3H3;4-5,7-8,11-15H,6,9-10H2,1-3H3;6,8,11-13H,7,9-10H2,1-5H3;9-12H,6-8H2,1-5H3/q5*+1/i14D;10D;2*12D;10D. The number of aryl methyl sites for hydroxylation is 14. The molecule has 1 fully saturated rings. The maximum Gasteiger partial charge on any atom is 0.221 e. The second-order valence-corrected chi connectivity index (χ2v) is 42.7. The van der Waals surface area contributed by atoms with Crippen molar-refractivity contribution in [3.8, 4) is 67.4 Å². The van der Waals surface area contributed by atoms with Crippen LogP contribution in [0, 0.1) is 88.9 Å². The molecule has 134 heavy (non-hydrogen) atoms. The number of nitrogens with zero attached hydrogens (tertiary/aromatic N) is 5. The lowest BCUT2D eigenvalue weighted by atomic mass is 9.66. The summed E-state index contributed by atoms with van der Waals surface area (Å²) in [7, 11) is 10.5. The molecule has 12 aromatic carbocycles. The number of benzene rings is 12. The minimum Gasteiger partial charge on any atom is -0.206 e. The van der Waals surface area contributed by atoms with Crippen molar-refractivity contribution in [2.75, 3.05) is 0 Å². The van der Waals surface area contributed by atoms with Crippen molar-refractivity contribution in [1.82, 2.24) is 0 Å². The maximum absolute atomic E-state index is 14.4. The molecule has 0 N–H and O–H groups in total. The highest BCUT2D eigenvalue weighted by atomic mass is 19.1. The zero-order chi connectivity index (χ0) is 97.3. The van der Waals surface area contributed by atoms with Crippen LogP contribution in [-0.2, 0) is 110 Å². The van der Waals surface area contributed by atoms with Crippen molar-refractivity contribution in [2.45, 2.75) is 249 Å². The van der Waals surface area contributed by atoms with Crippen molar-refractivity contribution in [1.29, 1.82) is 0 Å². The van der Waals surface area contributed by atoms with Gasteiger partial charge in [-0.2, -0.15) is 22.8 Å². The average molecular weight is 1770 g/mol. The molecule has 26 rings (SSSR count). The predicted molar refractivity (Wildman–Crippen MR) is 556 cm³/mol. The number of rotatable bonds is 4. The van der Waals surface area contributed by atoms with E-state index in [1.54, 1.807) is 16.7 Å². The van der Waals surface area contributed by atoms with Crippen LogP contribution in [-0.4, -0.2) is 0 Å². The molecular formula is C128H133FN5+5. The van der Waals surface area contributed by atoms with Crippen molar-refractivity contribution in [3.05, 3.63) is 356 Å². The first-order valence-electron chi connectivity index (χ1n) is 52.5. The van der Waals surface area contributed by atoms with Crippen LogP contribution in [0.2, 0.25) is 0 Å². The number of halogens is 1. The van der Waals surface area contributed by atoms with Gasteiger partial charge in [-0.15, -0.1) is 0 Å². The Hall–Kier alpha value is -12.1. The van der Waals surface area contributed by atoms with Crippen LogP contribution < -0.4 is 22.8 Å². The zero-order valence-electron chi connectivity index (χ0n) is 88.1. The summed E-state index contributed by atoms with van der Waals surface area (Å²) >= 11 is 0. The molecule has 9 aliphatic rings. The van der Waals surface area contributed by atoms with Gasteiger partial charge in [-0.05, 0) is 401 Å². The number of aromatic nitrogens is 5. The van der Waals surface area contributed by atoms with Gasteiger partial charge in [0.2, 0.25) is 28.5 Å². The molecule has 0 spiro atoms. The highest BCUT2D eigenvalue weighted by Gasteiger charge is 2.44. The quantitative estimate of drug-likeness (QED) is 0.157. The van der Waals surface area contributed by atoms with E-state index < -0.39 is 0 Å². The number of fused-ring (bicyclic) bond motifs is 21. The Bertz CT molecular complexity index is 8310. The van der Waals surface area contributed by atoms with Gasteiger partial charge in [-0.1, -0.05) is 143 Å². The van der Waals surface area contributed by atoms with Crippen LogP contribution in [0.4, 0.5) is 4.39 Å². The fraction of sp³-hybridized carbons (Fsp3) is 0.336. The molecule has 1 saturated carbocycles. The van der Waals surface area contributed by atoms with Gasteiger partial charge in [0.15, 0.2) is 28.5 Å². The summed E-state index contributed by atoms with van der Waals surface area (Å²) in [6.45, 7) is 34.4. The summed E-state index contributed by atoms with van der Waals surface area (Å²) in [6, 6.07) is 64.7. The monoisotopic (exact) mass is 1760 g/mol. The third-order valence-electron chi connectivity index (χ3n) is 34.0. The van der Waals surface area contributed by atoms with Gasteiger partial charge >= 0.3 is 0 Å². The Kier molecular flexibility index (Phi) is 20.0. The second kappa shape index (κ2) is 32.9. The van der Waals surface area contributed by atoms with Gasteiger partial charge in [-0.25, -0.2) is 4.39 Å². The average Bonchev–Trinajstić information content (AvgIpc) is 1.67. The fourth-order valence-corrected chi connectivity index (χ4v) is 26.1. The first-order chi connectivity index (χ1) is 66.5. The Morgan fingerprint density at radius 2 is 0.679 bits per heavy atom. The number of hydrogen-bond donors (Lipinski definition) is 0. The van der Waals surface area contributed by atoms with E-state index in [0.29, 0.717) is 41.3 Å². The summed E-state index contributed by atoms with van der Waals surface area (Å²) in [5, 5.41) is 14.2. The molecule has 2 bridgehead atoms. The van der Waals surface area contributed by atoms with Crippen LogP contribution in [0.3, 0.4) is 0 Å². The van der Waals surface area contributed by atoms with Crippen LogP contribution in [0.1, 0.15) is 254 Å². The topological polar surface area (TPSA) is 19.4 Å². The third kappa shape index (κ3) is 14.1. The summed E-state index contributed by atoms with van der Waals surface area (Å²) in [4.78, 5) is 0. The van der Waals surface area contributed by atoms with E-state index in [4.69, 9.17) is 6.85 Å². The van der Waals surface area contributed by atoms with E-state index in [1.807, 2.05) is 40.8 Å². The van der Waals surface area contributed by atoms with Crippen LogP contribution in [0.5, 0.6) is 0 Å². The fourth-order valence-electron chi connectivity index (χ4n) is 26.1. The molecule has 0 radical (unpaired) electrons. The first kappa shape index (κ1) is 81.4. The molecule has 5 nitrogen and oxygen atoms in total. The highest BCUT2D eigenvalue weighted by molar-refractivity contribution is 6.04. The van der Waals surface area contributed by atoms with Crippen LogP contribution in [0.25, 0.3) is 132 Å². The minimum absolute atomic E-state index is 0.0194. The SMILES string of the molecule is [2H]c1c(C)[n+](C)c(-c2cc(C)c(F)c(C)c2C)c2cc3c(cc12)CCC3.[2H]c1c(C)[n+](C)c(-c2cc3c(cc2C)-c2ccccc2C3(C)C)c2cc3c(cc12)CCC3.[2H]c1c(C)[n+](C)c(-c2cc3c(cc2C)C2CCC3C2)c2cc3c(cc12)CCC3.[2H]c1c(C)[n+](C)c(-c2cc3ccccc3cc2C)c2cc3c(cc12)CCC3.[2H]c1c(C)[n+](C)c2c3c(c4c(cc13)CCC4)C(C)(C)c1cccc(C)c1-2. The molecule has 5 heterocycles. The Morgan fingerprint density at radius 1 is 0.299 bits per heavy atom. The summed E-state index contributed by atoms with van der Waals surface area (Å²) < 4.78 is 69.3. The summed E-state index contributed by atoms with van der Waals surface area (Å²) in [5.74, 6) is 1.46. The second-order valence-electron chi connectivity index (χ2n) is 42.7. The van der Waals surface area contributed by atoms with E-state index in [-0.39, 0.29) is 16.6 Å². The van der Waals surface area contributed by atoms with E-state index in [1.165, 1.54) is 254 Å². The van der Waals surface area contributed by atoms with Crippen molar-refractivity contribution >= 4 is 64.6 Å². The Morgan fingerprint density at radius 3 is 1.19 bits per heavy atom. The van der Waals surface area contributed by atoms with Gasteiger partial charge < -0.3 is 0 Å². The predicted octanol–water partition coefficient (Wildman–Crippen LogP) is 28.4. The lowest BCUT2D eigenvalue weighted by Crippen LogP contribution is -2.39. The lowest BCUT2D eigenvalue weighted by molar-refractivity contribution is -0.665. The van der Waals surface area contributed by atoms with Crippen molar-refractivity contribution in [3.63, 3.8) is 0 Å². The molecule has 6 heteroatoms. The molecule has 0 saturated heterocycles. The van der Waals surface area contributed by atoms with Gasteiger partial charge in [0.05, 0.1) is 61.6 Å². The van der Waals surface area contributed by atoms with Crippen LogP contribution in [0.15, 0.2) is 194 Å². The van der Waals surface area contributed by atoms with E-state index >= 15 is 0 Å². The van der Waals surface area contributed by atoms with E-state index in [9.17, 15) is 4.39 Å². The molecule has 5 aromatic heterocycles. The summed E-state index contributed by atoms with van der Waals surface area (Å²) in [6.07, 6.45) is 21.7. The van der Waals surface area contributed by atoms with Gasteiger partial charge in [-0.3, -0.25) is 0 Å². The number of hydrogen-bond acceptors (Lipinski definition) is 0. The highest BCUT2D eigenvalue weighted by Crippen LogP contribution is 2.57. The lowest BCUT2D eigenvalue weighted by Gasteiger charge is -2.36. The molecule has 672 valence electrons. The Balaban J connectivity index is 0.000000100. The maximum atomic E-state index is 14.4. The number of pyridine rings is 5. The molecule has 2 unspecified atom stereocenters. The van der Waals surface area contributed by atoms with Gasteiger partial charge in [0.1, 0.15) is 41.1 Å². The first-order valence-corrected chi connectivity index (χ1v) is 50.0. The third-order valence-corrected chi connectivity index (χ3v) is 34.0. The molecular weight excluding hydrogens is 1630 g/mol. The largest absolute Gasteiger partial charge is 0.221 e. The minimum atomic E-state index is -0.118. The van der Waals surface area contributed by atoms with Crippen molar-refractivity contribution < 1.29 is 34.1 Å². The smallest absolute Gasteiger partial charge is 0.206 e. The van der Waals surface area contributed by atoms with Crippen LogP contribution >= 0.6 is 0 Å². The van der Waals surface area contributed by atoms with Gasteiger partial charge in [0, 0.05) is 75.7 Å². The van der Waals surface area contributed by atoms with Crippen molar-refractivity contribution in [2.24, 2.45) is 35.2 Å². The van der Waals surface area contributed by atoms with Gasteiger partial charge in [0.25, 0.3) is 0 Å². The normalized spacial score (nSPS) is 17.0. The Labute approximate surface area is 801 Å². The molecule has 9 aliphatic carbocycles. The van der Waals surface area contributed by atoms with E-state index in [0.717, 1.165) is 134 Å². The zero-order valence-corrected chi connectivity index (χ0v) is 83.1. The molecule has 2 atom stereocenters. The molecule has 0 aliphatic heterocycles.